The SMILES string of the molecule is CCCC(=O)c1c(O)cccc1OC(O)(O)C1CCC1. The Kier molecular flexibility index (Phi) is 4.30. The number of phenols is 1. The van der Waals surface area contributed by atoms with Crippen LogP contribution in [0.4, 0.5) is 0 Å². The topological polar surface area (TPSA) is 87.0 Å². The van der Waals surface area contributed by atoms with Gasteiger partial charge in [0.25, 0.3) is 0 Å². The van der Waals surface area contributed by atoms with E-state index in [4.69, 9.17) is 4.74 Å². The van der Waals surface area contributed by atoms with Gasteiger partial charge in [-0.3, -0.25) is 4.79 Å². The fourth-order valence-corrected chi connectivity index (χ4v) is 2.27. The summed E-state index contributed by atoms with van der Waals surface area (Å²) in [6.07, 6.45) is 3.17. The van der Waals surface area contributed by atoms with Crippen molar-refractivity contribution < 1.29 is 24.9 Å². The Bertz CT molecular complexity index is 491. The number of aliphatic hydroxyl groups is 2. The van der Waals surface area contributed by atoms with Gasteiger partial charge in [0.2, 0.25) is 0 Å². The summed E-state index contributed by atoms with van der Waals surface area (Å²) >= 11 is 0. The molecule has 1 aliphatic rings. The Hall–Kier alpha value is -1.59. The highest BCUT2D eigenvalue weighted by Gasteiger charge is 2.42. The molecule has 1 saturated carbocycles. The van der Waals surface area contributed by atoms with Gasteiger partial charge in [-0.15, -0.1) is 0 Å². The third-order valence-electron chi connectivity index (χ3n) is 3.66. The molecule has 3 N–H and O–H groups in total. The van der Waals surface area contributed by atoms with Crippen molar-refractivity contribution in [3.05, 3.63) is 23.8 Å². The van der Waals surface area contributed by atoms with Crippen molar-refractivity contribution in [2.75, 3.05) is 0 Å². The highest BCUT2D eigenvalue weighted by atomic mass is 16.8. The molecule has 1 aliphatic carbocycles. The van der Waals surface area contributed by atoms with Crippen molar-refractivity contribution in [3.8, 4) is 11.5 Å². The van der Waals surface area contributed by atoms with Crippen LogP contribution < -0.4 is 4.74 Å². The van der Waals surface area contributed by atoms with Gasteiger partial charge in [-0.25, -0.2) is 0 Å². The summed E-state index contributed by atoms with van der Waals surface area (Å²) in [6.45, 7) is 1.86. The molecule has 5 nitrogen and oxygen atoms in total. The Morgan fingerprint density at radius 2 is 2.10 bits per heavy atom. The van der Waals surface area contributed by atoms with Crippen LogP contribution >= 0.6 is 0 Å². The molecule has 110 valence electrons. The standard InChI is InChI=1S/C15H20O5/c1-2-5-11(16)14-12(17)8-4-9-13(14)20-15(18,19)10-6-3-7-10/h4,8-10,17-19H,2-3,5-7H2,1H3. The van der Waals surface area contributed by atoms with Gasteiger partial charge in [-0.2, -0.15) is 0 Å². The molecule has 0 bridgehead atoms. The molecule has 1 aromatic carbocycles. The molecule has 0 heterocycles. The summed E-state index contributed by atoms with van der Waals surface area (Å²) < 4.78 is 5.22. The monoisotopic (exact) mass is 280 g/mol. The number of hydrogen-bond acceptors (Lipinski definition) is 5. The van der Waals surface area contributed by atoms with Gasteiger partial charge in [0, 0.05) is 6.42 Å². The van der Waals surface area contributed by atoms with E-state index in [2.05, 4.69) is 0 Å². The first kappa shape index (κ1) is 14.8. The predicted molar refractivity (Wildman–Crippen MR) is 72.5 cm³/mol. The molecule has 2 rings (SSSR count). The summed E-state index contributed by atoms with van der Waals surface area (Å²) in [5.74, 6) is -3.12. The Balaban J connectivity index is 2.26. The van der Waals surface area contributed by atoms with Gasteiger partial charge in [0.15, 0.2) is 5.78 Å². The Morgan fingerprint density at radius 1 is 1.40 bits per heavy atom. The second-order valence-corrected chi connectivity index (χ2v) is 5.21. The molecule has 0 atom stereocenters. The van der Waals surface area contributed by atoms with Crippen molar-refractivity contribution in [3.63, 3.8) is 0 Å². The minimum absolute atomic E-state index is 0.0142. The van der Waals surface area contributed by atoms with Gasteiger partial charge < -0.3 is 20.1 Å². The quantitative estimate of drug-likeness (QED) is 0.549. The fourth-order valence-electron chi connectivity index (χ4n) is 2.27. The van der Waals surface area contributed by atoms with E-state index in [-0.39, 0.29) is 35.2 Å². The number of ether oxygens (including phenoxy) is 1. The van der Waals surface area contributed by atoms with Gasteiger partial charge in [-0.1, -0.05) is 19.4 Å². The minimum Gasteiger partial charge on any atom is -0.507 e. The average Bonchev–Trinajstić information content (AvgIpc) is 2.25. The largest absolute Gasteiger partial charge is 0.507 e. The molecule has 1 aromatic rings. The summed E-state index contributed by atoms with van der Waals surface area (Å²) in [5, 5.41) is 29.7. The second-order valence-electron chi connectivity index (χ2n) is 5.21. The molecular formula is C15H20O5. The lowest BCUT2D eigenvalue weighted by molar-refractivity contribution is -0.334. The smallest absolute Gasteiger partial charge is 0.324 e. The maximum atomic E-state index is 12.0. The summed E-state index contributed by atoms with van der Waals surface area (Å²) in [4.78, 5) is 12.0. The van der Waals surface area contributed by atoms with Crippen LogP contribution in [0.15, 0.2) is 18.2 Å². The highest BCUT2D eigenvalue weighted by Crippen LogP contribution is 2.38. The van der Waals surface area contributed by atoms with E-state index >= 15 is 0 Å². The van der Waals surface area contributed by atoms with E-state index < -0.39 is 5.97 Å². The van der Waals surface area contributed by atoms with E-state index in [1.54, 1.807) is 0 Å². The summed E-state index contributed by atoms with van der Waals surface area (Å²) in [7, 11) is 0. The van der Waals surface area contributed by atoms with Crippen LogP contribution in [0.2, 0.25) is 0 Å². The molecule has 0 aliphatic heterocycles. The van der Waals surface area contributed by atoms with Crippen LogP contribution in [0.5, 0.6) is 11.5 Å². The zero-order valence-corrected chi connectivity index (χ0v) is 11.5. The number of Topliss-reactive ketones (excluding diaryl/α,β-unsaturated/α-hetero) is 1. The molecule has 0 amide bonds. The molecule has 1 fully saturated rings. The molecule has 20 heavy (non-hydrogen) atoms. The Morgan fingerprint density at radius 3 is 2.65 bits per heavy atom. The van der Waals surface area contributed by atoms with Crippen LogP contribution in [-0.4, -0.2) is 27.1 Å². The molecule has 0 spiro atoms. The van der Waals surface area contributed by atoms with Crippen molar-refractivity contribution in [1.82, 2.24) is 0 Å². The zero-order valence-electron chi connectivity index (χ0n) is 11.5. The number of hydrogen-bond donors (Lipinski definition) is 3. The zero-order chi connectivity index (χ0) is 14.8. The van der Waals surface area contributed by atoms with Crippen molar-refractivity contribution in [2.45, 2.75) is 45.0 Å². The van der Waals surface area contributed by atoms with E-state index in [9.17, 15) is 20.1 Å². The van der Waals surface area contributed by atoms with Gasteiger partial charge in [0.1, 0.15) is 17.1 Å². The number of rotatable bonds is 6. The first-order valence-corrected chi connectivity index (χ1v) is 6.94. The van der Waals surface area contributed by atoms with Crippen LogP contribution in [0.25, 0.3) is 0 Å². The van der Waals surface area contributed by atoms with Crippen molar-refractivity contribution >= 4 is 5.78 Å². The molecule has 0 aromatic heterocycles. The maximum absolute atomic E-state index is 12.0. The van der Waals surface area contributed by atoms with E-state index in [0.717, 1.165) is 6.42 Å². The first-order valence-electron chi connectivity index (χ1n) is 6.94. The third-order valence-corrected chi connectivity index (χ3v) is 3.66. The van der Waals surface area contributed by atoms with E-state index in [0.29, 0.717) is 19.3 Å². The van der Waals surface area contributed by atoms with Gasteiger partial charge in [0.05, 0.1) is 5.92 Å². The number of carbonyl (C=O) groups excluding carboxylic acids is 1. The molecular weight excluding hydrogens is 260 g/mol. The number of aromatic hydroxyl groups is 1. The normalized spacial score (nSPS) is 15.8. The van der Waals surface area contributed by atoms with Crippen LogP contribution in [0, 0.1) is 5.92 Å². The third kappa shape index (κ3) is 2.94. The minimum atomic E-state index is -2.30. The summed E-state index contributed by atoms with van der Waals surface area (Å²) in [6, 6.07) is 4.35. The number of benzene rings is 1. The van der Waals surface area contributed by atoms with E-state index in [1.807, 2.05) is 6.92 Å². The molecule has 0 unspecified atom stereocenters. The van der Waals surface area contributed by atoms with Gasteiger partial charge >= 0.3 is 5.97 Å². The van der Waals surface area contributed by atoms with Crippen LogP contribution in [0.1, 0.15) is 49.4 Å². The lowest BCUT2D eigenvalue weighted by Gasteiger charge is -2.36. The summed E-state index contributed by atoms with van der Waals surface area (Å²) in [5.41, 5.74) is 0.0150. The number of carbonyl (C=O) groups is 1. The van der Waals surface area contributed by atoms with Crippen molar-refractivity contribution in [1.29, 1.82) is 0 Å². The van der Waals surface area contributed by atoms with Crippen molar-refractivity contribution in [2.24, 2.45) is 5.92 Å². The first-order chi connectivity index (χ1) is 9.45. The maximum Gasteiger partial charge on any atom is 0.324 e. The highest BCUT2D eigenvalue weighted by molar-refractivity contribution is 6.01. The fraction of sp³-hybridized carbons (Fsp3) is 0.533. The lowest BCUT2D eigenvalue weighted by Crippen LogP contribution is -2.47. The second kappa shape index (κ2) is 5.81. The van der Waals surface area contributed by atoms with E-state index in [1.165, 1.54) is 18.2 Å². The Labute approximate surface area is 117 Å². The van der Waals surface area contributed by atoms with Gasteiger partial charge in [-0.05, 0) is 31.4 Å². The molecule has 0 saturated heterocycles. The molecule has 0 radical (unpaired) electrons. The van der Waals surface area contributed by atoms with Crippen LogP contribution in [0.3, 0.4) is 0 Å². The predicted octanol–water partition coefficient (Wildman–Crippen LogP) is 2.19. The molecule has 5 heteroatoms. The lowest BCUT2D eigenvalue weighted by atomic mass is 9.83. The van der Waals surface area contributed by atoms with Crippen LogP contribution in [-0.2, 0) is 0 Å². The number of phenolic OH excluding ortho intramolecular Hbond substituents is 1. The number of ketones is 1. The average molecular weight is 280 g/mol.